The molecule has 14 heavy (non-hydrogen) atoms. The Labute approximate surface area is 88.9 Å². The van der Waals surface area contributed by atoms with E-state index in [9.17, 15) is 0 Å². The van der Waals surface area contributed by atoms with Crippen molar-refractivity contribution in [1.82, 2.24) is 9.97 Å². The maximum atomic E-state index is 5.85. The number of nitrogens with one attached hydrogen (secondary N) is 1. The van der Waals surface area contributed by atoms with Crippen molar-refractivity contribution in [2.75, 3.05) is 11.9 Å². The molecule has 0 radical (unpaired) electrons. The Hall–Kier alpha value is -0.870. The minimum Gasteiger partial charge on any atom is -0.369 e. The standard InChI is InChI=1S/C9H15ClN4/c1-7(11)3-2-4-13-9-8(10)5-12-6-14-9/h5-7H,2-4,11H2,1H3,(H,12,13,14). The minimum absolute atomic E-state index is 0.248. The van der Waals surface area contributed by atoms with Gasteiger partial charge in [-0.25, -0.2) is 9.97 Å². The lowest BCUT2D eigenvalue weighted by atomic mass is 10.2. The fraction of sp³-hybridized carbons (Fsp3) is 0.556. The lowest BCUT2D eigenvalue weighted by Gasteiger charge is -2.07. The van der Waals surface area contributed by atoms with Crippen LogP contribution in [0.25, 0.3) is 0 Å². The van der Waals surface area contributed by atoms with Crippen molar-refractivity contribution in [1.29, 1.82) is 0 Å². The third kappa shape index (κ3) is 3.89. The molecular weight excluding hydrogens is 200 g/mol. The monoisotopic (exact) mass is 214 g/mol. The summed E-state index contributed by atoms with van der Waals surface area (Å²) in [6.07, 6.45) is 5.05. The van der Waals surface area contributed by atoms with E-state index in [1.54, 1.807) is 6.20 Å². The van der Waals surface area contributed by atoms with Crippen LogP contribution in [0, 0.1) is 0 Å². The van der Waals surface area contributed by atoms with Crippen molar-refractivity contribution in [3.63, 3.8) is 0 Å². The highest BCUT2D eigenvalue weighted by Gasteiger charge is 1.99. The zero-order valence-corrected chi connectivity index (χ0v) is 8.96. The molecule has 0 saturated heterocycles. The SMILES string of the molecule is CC(N)CCCNc1ncncc1Cl. The Morgan fingerprint density at radius 3 is 3.07 bits per heavy atom. The van der Waals surface area contributed by atoms with Crippen molar-refractivity contribution < 1.29 is 0 Å². The molecule has 0 spiro atoms. The molecule has 0 aromatic carbocycles. The summed E-state index contributed by atoms with van der Waals surface area (Å²) in [6, 6.07) is 0.248. The van der Waals surface area contributed by atoms with E-state index < -0.39 is 0 Å². The Balaban J connectivity index is 2.28. The van der Waals surface area contributed by atoms with E-state index in [4.69, 9.17) is 17.3 Å². The van der Waals surface area contributed by atoms with E-state index in [1.165, 1.54) is 6.33 Å². The molecule has 0 bridgehead atoms. The molecule has 0 amide bonds. The molecule has 1 atom stereocenters. The Kier molecular flexibility index (Phi) is 4.62. The molecule has 0 aliphatic heterocycles. The summed E-state index contributed by atoms with van der Waals surface area (Å²) in [5.41, 5.74) is 5.62. The quantitative estimate of drug-likeness (QED) is 0.732. The summed E-state index contributed by atoms with van der Waals surface area (Å²) in [6.45, 7) is 2.83. The molecule has 0 aliphatic rings. The number of anilines is 1. The van der Waals surface area contributed by atoms with Crippen molar-refractivity contribution >= 4 is 17.4 Å². The third-order valence-electron chi connectivity index (χ3n) is 1.80. The van der Waals surface area contributed by atoms with E-state index in [1.807, 2.05) is 6.92 Å². The highest BCUT2D eigenvalue weighted by molar-refractivity contribution is 6.32. The number of nitrogens with two attached hydrogens (primary N) is 1. The summed E-state index contributed by atoms with van der Waals surface area (Å²) in [7, 11) is 0. The molecule has 1 aromatic rings. The van der Waals surface area contributed by atoms with Gasteiger partial charge in [0.05, 0.1) is 6.20 Å². The summed E-state index contributed by atoms with van der Waals surface area (Å²) in [5, 5.41) is 3.68. The zero-order valence-electron chi connectivity index (χ0n) is 8.20. The van der Waals surface area contributed by atoms with Crippen LogP contribution in [0.4, 0.5) is 5.82 Å². The molecule has 0 fully saturated rings. The molecular formula is C9H15ClN4. The van der Waals surface area contributed by atoms with Crippen LogP contribution in [-0.2, 0) is 0 Å². The van der Waals surface area contributed by atoms with E-state index in [-0.39, 0.29) is 6.04 Å². The van der Waals surface area contributed by atoms with Gasteiger partial charge in [-0.15, -0.1) is 0 Å². The third-order valence-corrected chi connectivity index (χ3v) is 2.07. The first-order chi connectivity index (χ1) is 6.70. The lowest BCUT2D eigenvalue weighted by Crippen LogP contribution is -2.16. The summed E-state index contributed by atoms with van der Waals surface area (Å²) < 4.78 is 0. The first kappa shape index (κ1) is 11.2. The lowest BCUT2D eigenvalue weighted by molar-refractivity contribution is 0.639. The number of halogens is 1. The Morgan fingerprint density at radius 1 is 1.64 bits per heavy atom. The predicted octanol–water partition coefficient (Wildman–Crippen LogP) is 1.67. The maximum absolute atomic E-state index is 5.85. The van der Waals surface area contributed by atoms with Crippen LogP contribution in [0.1, 0.15) is 19.8 Å². The molecule has 1 heterocycles. The van der Waals surface area contributed by atoms with Gasteiger partial charge in [0.25, 0.3) is 0 Å². The van der Waals surface area contributed by atoms with Gasteiger partial charge in [0.2, 0.25) is 0 Å². The number of nitrogens with zero attached hydrogens (tertiary/aromatic N) is 2. The maximum Gasteiger partial charge on any atom is 0.148 e. The number of hydrogen-bond acceptors (Lipinski definition) is 4. The second-order valence-electron chi connectivity index (χ2n) is 3.27. The highest BCUT2D eigenvalue weighted by Crippen LogP contribution is 2.15. The topological polar surface area (TPSA) is 63.8 Å². The van der Waals surface area contributed by atoms with Crippen LogP contribution in [0.15, 0.2) is 12.5 Å². The minimum atomic E-state index is 0.248. The average molecular weight is 215 g/mol. The molecule has 5 heteroatoms. The van der Waals surface area contributed by atoms with E-state index >= 15 is 0 Å². The van der Waals surface area contributed by atoms with Crippen LogP contribution in [0.5, 0.6) is 0 Å². The fourth-order valence-electron chi connectivity index (χ4n) is 1.07. The Morgan fingerprint density at radius 2 is 2.43 bits per heavy atom. The van der Waals surface area contributed by atoms with E-state index in [0.29, 0.717) is 10.8 Å². The molecule has 0 saturated carbocycles. The molecule has 1 rings (SSSR count). The smallest absolute Gasteiger partial charge is 0.148 e. The molecule has 0 aliphatic carbocycles. The van der Waals surface area contributed by atoms with Gasteiger partial charge in [-0.2, -0.15) is 0 Å². The summed E-state index contributed by atoms with van der Waals surface area (Å²) in [5.74, 6) is 0.686. The van der Waals surface area contributed by atoms with Gasteiger partial charge in [-0.3, -0.25) is 0 Å². The first-order valence-electron chi connectivity index (χ1n) is 4.65. The number of rotatable bonds is 5. The summed E-state index contributed by atoms with van der Waals surface area (Å²) >= 11 is 5.85. The van der Waals surface area contributed by atoms with Crippen LogP contribution in [0.3, 0.4) is 0 Å². The zero-order chi connectivity index (χ0) is 10.4. The molecule has 1 unspecified atom stereocenters. The van der Waals surface area contributed by atoms with Crippen molar-refractivity contribution in [2.24, 2.45) is 5.73 Å². The van der Waals surface area contributed by atoms with Gasteiger partial charge in [0, 0.05) is 12.6 Å². The van der Waals surface area contributed by atoms with Crippen LogP contribution in [-0.4, -0.2) is 22.6 Å². The second-order valence-corrected chi connectivity index (χ2v) is 3.67. The molecule has 1 aromatic heterocycles. The first-order valence-corrected chi connectivity index (χ1v) is 5.03. The van der Waals surface area contributed by atoms with Gasteiger partial charge >= 0.3 is 0 Å². The van der Waals surface area contributed by atoms with Crippen molar-refractivity contribution in [2.45, 2.75) is 25.8 Å². The number of hydrogen-bond donors (Lipinski definition) is 2. The Bertz CT molecular complexity index is 277. The van der Waals surface area contributed by atoms with Gasteiger partial charge in [0.1, 0.15) is 17.2 Å². The molecule has 3 N–H and O–H groups in total. The molecule has 4 nitrogen and oxygen atoms in total. The van der Waals surface area contributed by atoms with Crippen molar-refractivity contribution in [3.8, 4) is 0 Å². The van der Waals surface area contributed by atoms with Crippen LogP contribution in [0.2, 0.25) is 5.02 Å². The number of aromatic nitrogens is 2. The van der Waals surface area contributed by atoms with Gasteiger partial charge in [0.15, 0.2) is 0 Å². The van der Waals surface area contributed by atoms with Gasteiger partial charge < -0.3 is 11.1 Å². The fourth-order valence-corrected chi connectivity index (χ4v) is 1.25. The highest BCUT2D eigenvalue weighted by atomic mass is 35.5. The second kappa shape index (κ2) is 5.78. The van der Waals surface area contributed by atoms with Gasteiger partial charge in [-0.05, 0) is 19.8 Å². The van der Waals surface area contributed by atoms with Crippen molar-refractivity contribution in [3.05, 3.63) is 17.5 Å². The van der Waals surface area contributed by atoms with Crippen LogP contribution >= 0.6 is 11.6 Å². The van der Waals surface area contributed by atoms with Crippen LogP contribution < -0.4 is 11.1 Å². The predicted molar refractivity (Wildman–Crippen MR) is 58.4 cm³/mol. The van der Waals surface area contributed by atoms with E-state index in [2.05, 4.69) is 15.3 Å². The van der Waals surface area contributed by atoms with E-state index in [0.717, 1.165) is 19.4 Å². The largest absolute Gasteiger partial charge is 0.369 e. The average Bonchev–Trinajstić information content (AvgIpc) is 2.15. The molecule has 78 valence electrons. The normalized spacial score (nSPS) is 12.5. The van der Waals surface area contributed by atoms with Gasteiger partial charge in [-0.1, -0.05) is 11.6 Å². The summed E-state index contributed by atoms with van der Waals surface area (Å²) in [4.78, 5) is 7.81.